The van der Waals surface area contributed by atoms with Crippen molar-refractivity contribution in [1.82, 2.24) is 5.32 Å². The van der Waals surface area contributed by atoms with Crippen LogP contribution in [0, 0.1) is 0 Å². The zero-order chi connectivity index (χ0) is 14.8. The largest absolute Gasteiger partial charge is 0.494 e. The Kier molecular flexibility index (Phi) is 7.21. The van der Waals surface area contributed by atoms with Gasteiger partial charge in [0.25, 0.3) is 0 Å². The summed E-state index contributed by atoms with van der Waals surface area (Å²) in [6.45, 7) is 9.30. The van der Waals surface area contributed by atoms with E-state index in [0.29, 0.717) is 36.9 Å². The van der Waals surface area contributed by atoms with E-state index in [1.54, 1.807) is 18.2 Å². The molecule has 0 radical (unpaired) electrons. The van der Waals surface area contributed by atoms with E-state index in [2.05, 4.69) is 17.2 Å². The van der Waals surface area contributed by atoms with E-state index in [1.807, 2.05) is 19.9 Å². The van der Waals surface area contributed by atoms with Gasteiger partial charge in [-0.05, 0) is 26.0 Å². The van der Waals surface area contributed by atoms with Crippen LogP contribution in [-0.4, -0.2) is 32.2 Å². The summed E-state index contributed by atoms with van der Waals surface area (Å²) in [7, 11) is 0. The Balaban J connectivity index is 2.75. The Morgan fingerprint density at radius 1 is 1.30 bits per heavy atom. The summed E-state index contributed by atoms with van der Waals surface area (Å²) in [5, 5.41) is 5.76. The van der Waals surface area contributed by atoms with Crippen LogP contribution in [0.5, 0.6) is 11.5 Å². The molecule has 5 nitrogen and oxygen atoms in total. The standard InChI is InChI=1S/C15H22N2O3/c1-4-9-16-11-15(18)17-13-10-12(19-5-2)7-8-14(13)20-6-3/h4,7-8,10,16H,1,5-6,9,11H2,2-3H3,(H,17,18). The molecule has 5 heteroatoms. The minimum Gasteiger partial charge on any atom is -0.494 e. The van der Waals surface area contributed by atoms with Crippen LogP contribution >= 0.6 is 0 Å². The lowest BCUT2D eigenvalue weighted by Crippen LogP contribution is -2.28. The topological polar surface area (TPSA) is 59.6 Å². The average Bonchev–Trinajstić information content (AvgIpc) is 2.42. The number of carbonyl (C=O) groups is 1. The Morgan fingerprint density at radius 2 is 2.05 bits per heavy atom. The summed E-state index contributed by atoms with van der Waals surface area (Å²) >= 11 is 0. The number of hydrogen-bond donors (Lipinski definition) is 2. The highest BCUT2D eigenvalue weighted by molar-refractivity contribution is 5.94. The summed E-state index contributed by atoms with van der Waals surface area (Å²) in [4.78, 5) is 11.8. The monoisotopic (exact) mass is 278 g/mol. The molecule has 0 aliphatic carbocycles. The van der Waals surface area contributed by atoms with Crippen LogP contribution in [-0.2, 0) is 4.79 Å². The summed E-state index contributed by atoms with van der Waals surface area (Å²) in [5.74, 6) is 1.19. The van der Waals surface area contributed by atoms with Crippen LogP contribution < -0.4 is 20.1 Å². The fourth-order valence-electron chi connectivity index (χ4n) is 1.63. The molecule has 0 atom stereocenters. The molecule has 1 amide bonds. The van der Waals surface area contributed by atoms with Crippen LogP contribution in [0.4, 0.5) is 5.69 Å². The first-order valence-electron chi connectivity index (χ1n) is 6.72. The van der Waals surface area contributed by atoms with Crippen molar-refractivity contribution in [3.8, 4) is 11.5 Å². The van der Waals surface area contributed by atoms with Crippen molar-refractivity contribution in [3.05, 3.63) is 30.9 Å². The highest BCUT2D eigenvalue weighted by Gasteiger charge is 2.09. The molecule has 0 heterocycles. The second kappa shape index (κ2) is 8.98. The van der Waals surface area contributed by atoms with Gasteiger partial charge in [0.05, 0.1) is 25.4 Å². The lowest BCUT2D eigenvalue weighted by molar-refractivity contribution is -0.115. The normalized spacial score (nSPS) is 9.90. The Bertz CT molecular complexity index is 447. The maximum atomic E-state index is 11.8. The third-order valence-electron chi connectivity index (χ3n) is 2.41. The first-order chi connectivity index (χ1) is 9.71. The smallest absolute Gasteiger partial charge is 0.238 e. The number of benzene rings is 1. The lowest BCUT2D eigenvalue weighted by Gasteiger charge is -2.13. The van der Waals surface area contributed by atoms with Crippen molar-refractivity contribution in [1.29, 1.82) is 0 Å². The van der Waals surface area contributed by atoms with E-state index >= 15 is 0 Å². The maximum Gasteiger partial charge on any atom is 0.238 e. The number of ether oxygens (including phenoxy) is 2. The molecule has 0 spiro atoms. The molecule has 0 aliphatic rings. The first-order valence-corrected chi connectivity index (χ1v) is 6.72. The molecule has 110 valence electrons. The van der Waals surface area contributed by atoms with Crippen molar-refractivity contribution in [3.63, 3.8) is 0 Å². The molecule has 2 N–H and O–H groups in total. The molecule has 0 fully saturated rings. The van der Waals surface area contributed by atoms with Gasteiger partial charge in [0, 0.05) is 12.6 Å². The van der Waals surface area contributed by atoms with E-state index in [0.717, 1.165) is 0 Å². The van der Waals surface area contributed by atoms with Gasteiger partial charge in [0.2, 0.25) is 5.91 Å². The van der Waals surface area contributed by atoms with Crippen molar-refractivity contribution >= 4 is 11.6 Å². The summed E-state index contributed by atoms with van der Waals surface area (Å²) in [5.41, 5.74) is 0.614. The van der Waals surface area contributed by atoms with Gasteiger partial charge in [0.15, 0.2) is 0 Å². The van der Waals surface area contributed by atoms with Gasteiger partial charge in [-0.3, -0.25) is 4.79 Å². The molecular formula is C15H22N2O3. The Morgan fingerprint density at radius 3 is 2.70 bits per heavy atom. The predicted octanol–water partition coefficient (Wildman–Crippen LogP) is 2.20. The third kappa shape index (κ3) is 5.32. The SMILES string of the molecule is C=CCNCC(=O)Nc1cc(OCC)ccc1OCC. The highest BCUT2D eigenvalue weighted by atomic mass is 16.5. The van der Waals surface area contributed by atoms with Crippen molar-refractivity contribution in [2.45, 2.75) is 13.8 Å². The summed E-state index contributed by atoms with van der Waals surface area (Å²) < 4.78 is 10.9. The second-order valence-electron chi connectivity index (χ2n) is 3.99. The van der Waals surface area contributed by atoms with Crippen molar-refractivity contribution < 1.29 is 14.3 Å². The van der Waals surface area contributed by atoms with Gasteiger partial charge < -0.3 is 20.1 Å². The highest BCUT2D eigenvalue weighted by Crippen LogP contribution is 2.29. The van der Waals surface area contributed by atoms with Crippen LogP contribution in [0.2, 0.25) is 0 Å². The van der Waals surface area contributed by atoms with Gasteiger partial charge in [0.1, 0.15) is 11.5 Å². The number of carbonyl (C=O) groups excluding carboxylic acids is 1. The molecule has 20 heavy (non-hydrogen) atoms. The molecular weight excluding hydrogens is 256 g/mol. The van der Waals surface area contributed by atoms with Crippen molar-refractivity contribution in [2.75, 3.05) is 31.6 Å². The quantitative estimate of drug-likeness (QED) is 0.537. The zero-order valence-electron chi connectivity index (χ0n) is 12.1. The number of anilines is 1. The van der Waals surface area contributed by atoms with Gasteiger partial charge >= 0.3 is 0 Å². The van der Waals surface area contributed by atoms with Gasteiger partial charge in [-0.1, -0.05) is 6.08 Å². The molecule has 1 aromatic rings. The van der Waals surface area contributed by atoms with Gasteiger partial charge in [-0.2, -0.15) is 0 Å². The molecule has 0 saturated heterocycles. The minimum absolute atomic E-state index is 0.138. The van der Waals surface area contributed by atoms with E-state index in [9.17, 15) is 4.79 Å². The Labute approximate surface area is 120 Å². The molecule has 0 saturated carbocycles. The molecule has 0 unspecified atom stereocenters. The predicted molar refractivity (Wildman–Crippen MR) is 80.5 cm³/mol. The van der Waals surface area contributed by atoms with E-state index in [4.69, 9.17) is 9.47 Å². The number of hydrogen-bond acceptors (Lipinski definition) is 4. The lowest BCUT2D eigenvalue weighted by atomic mass is 10.2. The van der Waals surface area contributed by atoms with E-state index in [-0.39, 0.29) is 12.5 Å². The number of amides is 1. The van der Waals surface area contributed by atoms with E-state index < -0.39 is 0 Å². The maximum absolute atomic E-state index is 11.8. The third-order valence-corrected chi connectivity index (χ3v) is 2.41. The van der Waals surface area contributed by atoms with Crippen molar-refractivity contribution in [2.24, 2.45) is 0 Å². The minimum atomic E-state index is -0.138. The number of nitrogens with one attached hydrogen (secondary N) is 2. The molecule has 0 bridgehead atoms. The fraction of sp³-hybridized carbons (Fsp3) is 0.400. The zero-order valence-corrected chi connectivity index (χ0v) is 12.1. The van der Waals surface area contributed by atoms with Crippen LogP contribution in [0.3, 0.4) is 0 Å². The number of rotatable bonds is 9. The second-order valence-corrected chi connectivity index (χ2v) is 3.99. The molecule has 1 rings (SSSR count). The van der Waals surface area contributed by atoms with Crippen LogP contribution in [0.25, 0.3) is 0 Å². The van der Waals surface area contributed by atoms with Gasteiger partial charge in [-0.15, -0.1) is 6.58 Å². The average molecular weight is 278 g/mol. The van der Waals surface area contributed by atoms with E-state index in [1.165, 1.54) is 0 Å². The molecule has 0 aromatic heterocycles. The Hall–Kier alpha value is -2.01. The van der Waals surface area contributed by atoms with Gasteiger partial charge in [-0.25, -0.2) is 0 Å². The first kappa shape index (κ1) is 16.0. The fourth-order valence-corrected chi connectivity index (χ4v) is 1.63. The summed E-state index contributed by atoms with van der Waals surface area (Å²) in [6.07, 6.45) is 1.70. The summed E-state index contributed by atoms with van der Waals surface area (Å²) in [6, 6.07) is 5.38. The van der Waals surface area contributed by atoms with Crippen LogP contribution in [0.1, 0.15) is 13.8 Å². The van der Waals surface area contributed by atoms with Crippen LogP contribution in [0.15, 0.2) is 30.9 Å². The molecule has 0 aliphatic heterocycles. The molecule has 1 aromatic carbocycles.